The van der Waals surface area contributed by atoms with Crippen LogP contribution in [0.3, 0.4) is 0 Å². The maximum atomic E-state index is 9.29. The van der Waals surface area contributed by atoms with Gasteiger partial charge in [-0.25, -0.2) is 0 Å². The molecule has 94 valence electrons. The van der Waals surface area contributed by atoms with Gasteiger partial charge < -0.3 is 15.3 Å². The Kier molecular flexibility index (Phi) is 33.8. The van der Waals surface area contributed by atoms with Crippen molar-refractivity contribution < 1.29 is 70.5 Å². The Labute approximate surface area is 142 Å². The van der Waals surface area contributed by atoms with Crippen molar-refractivity contribution in [3.8, 4) is 0 Å². The summed E-state index contributed by atoms with van der Waals surface area (Å²) >= 11 is 10.2. The van der Waals surface area contributed by atoms with E-state index < -0.39 is 17.9 Å². The average molecular weight is 421 g/mol. The zero-order valence-electron chi connectivity index (χ0n) is 8.03. The van der Waals surface area contributed by atoms with Crippen LogP contribution in [-0.2, 0) is 14.4 Å². The first-order valence-electron chi connectivity index (χ1n) is 3.29. The summed E-state index contributed by atoms with van der Waals surface area (Å²) < 4.78 is 0. The van der Waals surface area contributed by atoms with E-state index in [0.717, 1.165) is 0 Å². The second-order valence-electron chi connectivity index (χ2n) is 1.66. The monoisotopic (exact) mass is 418 g/mol. The molecule has 0 aromatic heterocycles. The summed E-state index contributed by atoms with van der Waals surface area (Å²) in [6, 6.07) is 0. The van der Waals surface area contributed by atoms with Crippen LogP contribution < -0.4 is 0 Å². The summed E-state index contributed by atoms with van der Waals surface area (Å²) in [5, 5.41) is 22.9. The number of carbonyl (C=O) groups is 3. The van der Waals surface area contributed by atoms with E-state index in [-0.39, 0.29) is 58.1 Å². The molecule has 16 heavy (non-hydrogen) atoms. The molecule has 0 spiro atoms. The van der Waals surface area contributed by atoms with E-state index in [1.54, 1.807) is 0 Å². The Bertz CT molecular complexity index is 167. The maximum absolute atomic E-state index is 9.29. The number of carboxylic acid groups (broad SMARTS) is 3. The van der Waals surface area contributed by atoms with Crippen molar-refractivity contribution in [1.29, 1.82) is 0 Å². The Morgan fingerprint density at radius 3 is 0.750 bits per heavy atom. The molecule has 0 saturated heterocycles. The molecule has 0 bridgehead atoms. The van der Waals surface area contributed by atoms with Crippen molar-refractivity contribution >= 4 is 55.8 Å². The van der Waals surface area contributed by atoms with Crippen molar-refractivity contribution in [2.24, 2.45) is 0 Å². The first kappa shape index (κ1) is 25.6. The van der Waals surface area contributed by atoms with Gasteiger partial charge in [0.25, 0.3) is 0 Å². The van der Waals surface area contributed by atoms with Crippen LogP contribution in [0.1, 0.15) is 0 Å². The molecule has 0 fully saturated rings. The van der Waals surface area contributed by atoms with Crippen molar-refractivity contribution in [2.75, 3.05) is 17.3 Å². The topological polar surface area (TPSA) is 112 Å². The molecule has 0 unspecified atom stereocenters. The van der Waals surface area contributed by atoms with Gasteiger partial charge in [-0.2, -0.15) is 37.9 Å². The van der Waals surface area contributed by atoms with Crippen LogP contribution in [0.25, 0.3) is 0 Å². The van der Waals surface area contributed by atoms with Crippen LogP contribution in [0.15, 0.2) is 0 Å². The minimum absolute atomic E-state index is 0. The molecule has 0 aromatic rings. The zero-order chi connectivity index (χ0) is 12.9. The van der Waals surface area contributed by atoms with Crippen LogP contribution >= 0.6 is 37.9 Å². The molecule has 0 aromatic carbocycles. The van der Waals surface area contributed by atoms with E-state index >= 15 is 0 Å². The van der Waals surface area contributed by atoms with Crippen molar-refractivity contribution in [3.05, 3.63) is 0 Å². The van der Waals surface area contributed by atoms with Gasteiger partial charge in [0.05, 0.1) is 17.3 Å². The molecule has 0 radical (unpaired) electrons. The quantitative estimate of drug-likeness (QED) is 0.359. The molecule has 0 heterocycles. The average Bonchev–Trinajstić information content (AvgIpc) is 2.19. The van der Waals surface area contributed by atoms with Gasteiger partial charge in [-0.05, 0) is 0 Å². The van der Waals surface area contributed by atoms with Gasteiger partial charge in [0.2, 0.25) is 0 Å². The number of carboxylic acids is 3. The zero-order valence-corrected chi connectivity index (χ0v) is 13.9. The summed E-state index contributed by atoms with van der Waals surface area (Å²) in [5.74, 6) is -2.89. The van der Waals surface area contributed by atoms with Crippen LogP contribution in [0.5, 0.6) is 0 Å². The number of thiol groups is 3. The fourth-order valence-corrected chi connectivity index (χ4v) is 0. The first-order chi connectivity index (χ1) is 6.81. The molecule has 10 heteroatoms. The minimum Gasteiger partial charge on any atom is -0.481 e. The van der Waals surface area contributed by atoms with Gasteiger partial charge in [-0.3, -0.25) is 14.4 Å². The van der Waals surface area contributed by atoms with E-state index in [1.165, 1.54) is 0 Å². The number of aliphatic carboxylic acids is 3. The van der Waals surface area contributed by atoms with Crippen molar-refractivity contribution in [3.63, 3.8) is 0 Å². The molecular formula is C6H12NdO6S3. The molecule has 0 aliphatic carbocycles. The van der Waals surface area contributed by atoms with Crippen molar-refractivity contribution in [1.82, 2.24) is 0 Å². The van der Waals surface area contributed by atoms with Crippen LogP contribution in [-0.4, -0.2) is 50.5 Å². The largest absolute Gasteiger partial charge is 0.481 e. The predicted octanol–water partition coefficient (Wildman–Crippen LogP) is 0.00240. The molecule has 3 N–H and O–H groups in total. The Morgan fingerprint density at radius 2 is 0.750 bits per heavy atom. The molecule has 0 saturated carbocycles. The van der Waals surface area contributed by atoms with E-state index in [1.807, 2.05) is 0 Å². The maximum Gasteiger partial charge on any atom is 0.313 e. The summed E-state index contributed by atoms with van der Waals surface area (Å²) in [6.07, 6.45) is 0. The Balaban J connectivity index is -0.0000000655. The Morgan fingerprint density at radius 1 is 0.688 bits per heavy atom. The predicted molar refractivity (Wildman–Crippen MR) is 64.5 cm³/mol. The summed E-state index contributed by atoms with van der Waals surface area (Å²) in [7, 11) is 0. The van der Waals surface area contributed by atoms with E-state index in [4.69, 9.17) is 15.3 Å². The smallest absolute Gasteiger partial charge is 0.313 e. The van der Waals surface area contributed by atoms with E-state index in [2.05, 4.69) is 37.9 Å². The third-order valence-corrected chi connectivity index (χ3v) is 1.22. The fourth-order valence-electron chi connectivity index (χ4n) is 0. The first-order valence-corrected chi connectivity index (χ1v) is 5.19. The Hall–Kier alpha value is 0.811. The van der Waals surface area contributed by atoms with Gasteiger partial charge >= 0.3 is 17.9 Å². The van der Waals surface area contributed by atoms with Gasteiger partial charge in [0.15, 0.2) is 0 Å². The molecule has 0 aliphatic heterocycles. The summed E-state index contributed by atoms with van der Waals surface area (Å²) in [6.45, 7) is 0. The van der Waals surface area contributed by atoms with Gasteiger partial charge in [0, 0.05) is 40.8 Å². The molecule has 0 aliphatic rings. The molecule has 0 atom stereocenters. The summed E-state index contributed by atoms with van der Waals surface area (Å²) in [5.41, 5.74) is 0. The van der Waals surface area contributed by atoms with Gasteiger partial charge in [0.1, 0.15) is 0 Å². The van der Waals surface area contributed by atoms with Gasteiger partial charge in [-0.15, -0.1) is 0 Å². The molecular weight excluding hydrogens is 409 g/mol. The van der Waals surface area contributed by atoms with Crippen LogP contribution in [0.2, 0.25) is 0 Å². The number of hydrogen-bond donors (Lipinski definition) is 6. The normalized spacial score (nSPS) is 6.94. The molecule has 6 nitrogen and oxygen atoms in total. The summed E-state index contributed by atoms with van der Waals surface area (Å²) in [4.78, 5) is 27.9. The second kappa shape index (κ2) is 21.1. The molecule has 0 rings (SSSR count). The second-order valence-corrected chi connectivity index (χ2v) is 2.60. The van der Waals surface area contributed by atoms with E-state index in [0.29, 0.717) is 0 Å². The van der Waals surface area contributed by atoms with Crippen LogP contribution in [0.4, 0.5) is 0 Å². The third-order valence-electron chi connectivity index (χ3n) is 0.406. The molecule has 0 amide bonds. The fraction of sp³-hybridized carbons (Fsp3) is 0.500. The SMILES string of the molecule is O=C(O)CS.O=C(O)CS.O=C(O)CS.[Nd]. The van der Waals surface area contributed by atoms with Crippen molar-refractivity contribution in [2.45, 2.75) is 0 Å². The minimum atomic E-state index is -0.881. The standard InChI is InChI=1S/3C2H4O2S.Nd/c3*3-2(4)1-5;/h3*5H,1H2,(H,3,4);. The third kappa shape index (κ3) is 60.9. The van der Waals surface area contributed by atoms with Crippen LogP contribution in [0, 0.1) is 40.8 Å². The number of rotatable bonds is 3. The van der Waals surface area contributed by atoms with E-state index in [9.17, 15) is 14.4 Å². The van der Waals surface area contributed by atoms with Gasteiger partial charge in [-0.1, -0.05) is 0 Å². The number of hydrogen-bond acceptors (Lipinski definition) is 6.